The predicted octanol–water partition coefficient (Wildman–Crippen LogP) is 4.90. The van der Waals surface area contributed by atoms with Gasteiger partial charge in [0.15, 0.2) is 0 Å². The number of hydrogen-bond donors (Lipinski definition) is 3. The van der Waals surface area contributed by atoms with Crippen LogP contribution >= 0.6 is 11.6 Å². The molecule has 0 fully saturated rings. The molecule has 4 rings (SSSR count). The number of aromatic carboxylic acids is 1. The van der Waals surface area contributed by atoms with Gasteiger partial charge in [0.25, 0.3) is 0 Å². The Bertz CT molecular complexity index is 1200. The van der Waals surface area contributed by atoms with E-state index in [9.17, 15) is 14.4 Å². The Hall–Kier alpha value is -3.84. The maximum atomic E-state index is 12.4. The number of fused-ring (bicyclic) bond motifs is 3. The van der Waals surface area contributed by atoms with Crippen molar-refractivity contribution in [2.45, 2.75) is 18.9 Å². The Balaban J connectivity index is 1.35. The monoisotopic (exact) mass is 464 g/mol. The minimum Gasteiger partial charge on any atom is -0.478 e. The van der Waals surface area contributed by atoms with E-state index < -0.39 is 24.0 Å². The summed E-state index contributed by atoms with van der Waals surface area (Å²) >= 11 is 5.93. The zero-order valence-electron chi connectivity index (χ0n) is 17.7. The lowest BCUT2D eigenvalue weighted by atomic mass is 9.98. The second-order valence-corrected chi connectivity index (χ2v) is 8.09. The fourth-order valence-corrected chi connectivity index (χ4v) is 4.16. The molecule has 1 atom stereocenters. The summed E-state index contributed by atoms with van der Waals surface area (Å²) in [6, 6.07) is 19.2. The van der Waals surface area contributed by atoms with E-state index in [1.54, 1.807) is 0 Å². The molecule has 0 spiro atoms. The molecule has 0 unspecified atom stereocenters. The summed E-state index contributed by atoms with van der Waals surface area (Å²) in [5.74, 6) is -1.74. The van der Waals surface area contributed by atoms with E-state index >= 15 is 0 Å². The normalized spacial score (nSPS) is 12.9. The van der Waals surface area contributed by atoms with E-state index in [0.717, 1.165) is 22.3 Å². The molecule has 1 aliphatic carbocycles. The van der Waals surface area contributed by atoms with Crippen molar-refractivity contribution in [3.63, 3.8) is 0 Å². The molecule has 3 aromatic carbocycles. The van der Waals surface area contributed by atoms with Crippen molar-refractivity contribution in [1.29, 1.82) is 0 Å². The number of carboxylic acid groups (broad SMARTS) is 1. The van der Waals surface area contributed by atoms with Crippen LogP contribution in [0, 0.1) is 0 Å². The third kappa shape index (κ3) is 4.68. The maximum Gasteiger partial charge on any atom is 0.407 e. The molecule has 0 aromatic heterocycles. The summed E-state index contributed by atoms with van der Waals surface area (Å²) < 4.78 is 5.46. The third-order valence-corrected chi connectivity index (χ3v) is 5.85. The van der Waals surface area contributed by atoms with Crippen LogP contribution in [0.3, 0.4) is 0 Å². The first kappa shape index (κ1) is 22.4. The zero-order chi connectivity index (χ0) is 23.5. The van der Waals surface area contributed by atoms with Crippen LogP contribution in [-0.2, 0) is 9.53 Å². The van der Waals surface area contributed by atoms with Gasteiger partial charge in [-0.2, -0.15) is 0 Å². The lowest BCUT2D eigenvalue weighted by Crippen LogP contribution is -2.42. The summed E-state index contributed by atoms with van der Waals surface area (Å²) in [6.07, 6.45) is -0.709. The molecule has 0 radical (unpaired) electrons. The SMILES string of the molecule is C[C@@H](NC(=O)OCC1c2ccccc2-c2ccccc21)C(=O)Nc1ccc(C(=O)O)c(Cl)c1. The van der Waals surface area contributed by atoms with Crippen molar-refractivity contribution < 1.29 is 24.2 Å². The molecule has 2 amide bonds. The summed E-state index contributed by atoms with van der Waals surface area (Å²) in [7, 11) is 0. The minimum atomic E-state index is -1.16. The Kier molecular flexibility index (Phi) is 6.33. The summed E-state index contributed by atoms with van der Waals surface area (Å²) in [4.78, 5) is 35.8. The van der Waals surface area contributed by atoms with Crippen molar-refractivity contribution >= 4 is 35.3 Å². The first-order valence-corrected chi connectivity index (χ1v) is 10.7. The molecule has 168 valence electrons. The van der Waals surface area contributed by atoms with Crippen molar-refractivity contribution in [3.8, 4) is 11.1 Å². The van der Waals surface area contributed by atoms with Crippen molar-refractivity contribution in [2.75, 3.05) is 11.9 Å². The molecular weight excluding hydrogens is 444 g/mol. The molecule has 0 saturated carbocycles. The number of nitrogens with one attached hydrogen (secondary N) is 2. The Morgan fingerprint density at radius 2 is 1.61 bits per heavy atom. The van der Waals surface area contributed by atoms with E-state index in [0.29, 0.717) is 5.69 Å². The fraction of sp³-hybridized carbons (Fsp3) is 0.160. The smallest absolute Gasteiger partial charge is 0.407 e. The van der Waals surface area contributed by atoms with E-state index in [1.807, 2.05) is 36.4 Å². The highest BCUT2D eigenvalue weighted by atomic mass is 35.5. The van der Waals surface area contributed by atoms with Gasteiger partial charge in [-0.3, -0.25) is 4.79 Å². The first-order chi connectivity index (χ1) is 15.8. The quantitative estimate of drug-likeness (QED) is 0.481. The summed E-state index contributed by atoms with van der Waals surface area (Å²) in [6.45, 7) is 1.66. The number of carbonyl (C=O) groups is 3. The van der Waals surface area contributed by atoms with Crippen LogP contribution < -0.4 is 10.6 Å². The number of carboxylic acids is 1. The number of ether oxygens (including phenoxy) is 1. The van der Waals surface area contributed by atoms with E-state index in [-0.39, 0.29) is 23.1 Å². The molecule has 33 heavy (non-hydrogen) atoms. The number of benzene rings is 3. The van der Waals surface area contributed by atoms with Crippen LogP contribution in [0.2, 0.25) is 5.02 Å². The molecule has 7 nitrogen and oxygen atoms in total. The van der Waals surface area contributed by atoms with Crippen LogP contribution in [-0.4, -0.2) is 35.7 Å². The van der Waals surface area contributed by atoms with Gasteiger partial charge in [-0.1, -0.05) is 60.1 Å². The second-order valence-electron chi connectivity index (χ2n) is 7.68. The van der Waals surface area contributed by atoms with Gasteiger partial charge in [0.1, 0.15) is 12.6 Å². The Morgan fingerprint density at radius 3 is 2.18 bits per heavy atom. The van der Waals surface area contributed by atoms with Gasteiger partial charge in [-0.05, 0) is 47.4 Å². The molecule has 1 aliphatic rings. The number of hydrogen-bond acceptors (Lipinski definition) is 4. The highest BCUT2D eigenvalue weighted by molar-refractivity contribution is 6.33. The molecular formula is C25H21ClN2O5. The summed E-state index contributed by atoms with van der Waals surface area (Å²) in [5.41, 5.74) is 4.69. The lowest BCUT2D eigenvalue weighted by Gasteiger charge is -2.17. The minimum absolute atomic E-state index is 0.00236. The maximum absolute atomic E-state index is 12.4. The highest BCUT2D eigenvalue weighted by Gasteiger charge is 2.29. The van der Waals surface area contributed by atoms with Crippen LogP contribution in [0.25, 0.3) is 11.1 Å². The highest BCUT2D eigenvalue weighted by Crippen LogP contribution is 2.44. The molecule has 0 saturated heterocycles. The first-order valence-electron chi connectivity index (χ1n) is 10.3. The van der Waals surface area contributed by atoms with E-state index in [4.69, 9.17) is 21.4 Å². The zero-order valence-corrected chi connectivity index (χ0v) is 18.4. The average molecular weight is 465 g/mol. The second kappa shape index (κ2) is 9.34. The van der Waals surface area contributed by atoms with Gasteiger partial charge < -0.3 is 20.5 Å². The Morgan fingerprint density at radius 1 is 1.00 bits per heavy atom. The summed E-state index contributed by atoms with van der Waals surface area (Å²) in [5, 5.41) is 14.1. The number of carbonyl (C=O) groups excluding carboxylic acids is 2. The third-order valence-electron chi connectivity index (χ3n) is 5.54. The van der Waals surface area contributed by atoms with Crippen LogP contribution in [0.15, 0.2) is 66.7 Å². The topological polar surface area (TPSA) is 105 Å². The van der Waals surface area contributed by atoms with Gasteiger partial charge in [-0.25, -0.2) is 9.59 Å². The van der Waals surface area contributed by atoms with Gasteiger partial charge in [0, 0.05) is 11.6 Å². The largest absolute Gasteiger partial charge is 0.478 e. The lowest BCUT2D eigenvalue weighted by molar-refractivity contribution is -0.117. The molecule has 3 aromatic rings. The average Bonchev–Trinajstić information content (AvgIpc) is 3.11. The van der Waals surface area contributed by atoms with Gasteiger partial charge in [0.2, 0.25) is 5.91 Å². The van der Waals surface area contributed by atoms with Gasteiger partial charge in [-0.15, -0.1) is 0 Å². The van der Waals surface area contributed by atoms with E-state index in [2.05, 4.69) is 22.8 Å². The fourth-order valence-electron chi connectivity index (χ4n) is 3.90. The number of rotatable bonds is 6. The number of anilines is 1. The van der Waals surface area contributed by atoms with Crippen LogP contribution in [0.5, 0.6) is 0 Å². The van der Waals surface area contributed by atoms with Gasteiger partial charge in [0.05, 0.1) is 10.6 Å². The number of alkyl carbamates (subject to hydrolysis) is 1. The van der Waals surface area contributed by atoms with Crippen molar-refractivity contribution in [2.24, 2.45) is 0 Å². The molecule has 0 bridgehead atoms. The van der Waals surface area contributed by atoms with Crippen LogP contribution in [0.1, 0.15) is 34.3 Å². The molecule has 8 heteroatoms. The van der Waals surface area contributed by atoms with Crippen molar-refractivity contribution in [3.05, 3.63) is 88.4 Å². The standard InChI is InChI=1S/C25H21ClN2O5/c1-14(23(29)28-15-10-11-20(24(30)31)22(26)12-15)27-25(32)33-13-21-18-8-4-2-6-16(18)17-7-3-5-9-19(17)21/h2-12,14,21H,13H2,1H3,(H,27,32)(H,28,29)(H,30,31)/t14-/m1/s1. The van der Waals surface area contributed by atoms with Gasteiger partial charge >= 0.3 is 12.1 Å². The predicted molar refractivity (Wildman–Crippen MR) is 125 cm³/mol. The molecule has 0 aliphatic heterocycles. The molecule has 3 N–H and O–H groups in total. The number of halogens is 1. The Labute approximate surface area is 195 Å². The number of amides is 2. The van der Waals surface area contributed by atoms with E-state index in [1.165, 1.54) is 25.1 Å². The van der Waals surface area contributed by atoms with Crippen molar-refractivity contribution in [1.82, 2.24) is 5.32 Å². The van der Waals surface area contributed by atoms with Crippen LogP contribution in [0.4, 0.5) is 10.5 Å². The molecule has 0 heterocycles.